The number of amidine groups is 1. The summed E-state index contributed by atoms with van der Waals surface area (Å²) in [6, 6.07) is 16.8. The first kappa shape index (κ1) is 20.5. The van der Waals surface area contributed by atoms with Crippen LogP contribution >= 0.6 is 11.3 Å². The van der Waals surface area contributed by atoms with E-state index >= 15 is 0 Å². The number of carboxylic acid groups (broad SMARTS) is 1. The zero-order valence-electron chi connectivity index (χ0n) is 17.5. The van der Waals surface area contributed by atoms with Gasteiger partial charge in [-0.15, -0.1) is 0 Å². The minimum Gasteiger partial charge on any atom is -0.481 e. The Hall–Kier alpha value is -3.39. The van der Waals surface area contributed by atoms with Crippen LogP contribution in [0.15, 0.2) is 59.7 Å². The van der Waals surface area contributed by atoms with Crippen molar-refractivity contribution >= 4 is 49.9 Å². The van der Waals surface area contributed by atoms with Crippen molar-refractivity contribution in [3.05, 3.63) is 60.3 Å². The number of aliphatic imine (C=N–C) groups is 1. The summed E-state index contributed by atoms with van der Waals surface area (Å²) in [6.45, 7) is 0.539. The predicted octanol–water partition coefficient (Wildman–Crippen LogP) is 5.00. The van der Waals surface area contributed by atoms with Crippen LogP contribution < -0.4 is 10.6 Å². The summed E-state index contributed by atoms with van der Waals surface area (Å²) in [5.74, 6) is -0.944. The molecular weight excluding hydrogens is 424 g/mol. The maximum atomic E-state index is 11.1. The highest BCUT2D eigenvalue weighted by Gasteiger charge is 2.27. The topological polar surface area (TPSA) is 95.8 Å². The molecule has 1 aliphatic carbocycles. The first-order valence-corrected chi connectivity index (χ1v) is 11.6. The summed E-state index contributed by atoms with van der Waals surface area (Å²) in [5, 5.41) is 16.5. The van der Waals surface area contributed by atoms with Crippen LogP contribution in [0.2, 0.25) is 0 Å². The molecule has 8 heteroatoms. The molecule has 7 nitrogen and oxygen atoms in total. The highest BCUT2D eigenvalue weighted by Crippen LogP contribution is 2.29. The van der Waals surface area contributed by atoms with Gasteiger partial charge in [0.25, 0.3) is 6.02 Å². The molecule has 0 spiro atoms. The Labute approximate surface area is 189 Å². The molecule has 2 aliphatic rings. The van der Waals surface area contributed by atoms with Crippen molar-refractivity contribution < 1.29 is 14.6 Å². The van der Waals surface area contributed by atoms with Crippen molar-refractivity contribution in [1.29, 1.82) is 0 Å². The van der Waals surface area contributed by atoms with Crippen LogP contribution in [0.25, 0.3) is 15.8 Å². The van der Waals surface area contributed by atoms with Gasteiger partial charge in [-0.05, 0) is 61.1 Å². The highest BCUT2D eigenvalue weighted by molar-refractivity contribution is 7.22. The highest BCUT2D eigenvalue weighted by atomic mass is 32.1. The molecule has 0 atom stereocenters. The van der Waals surface area contributed by atoms with E-state index in [4.69, 9.17) is 9.84 Å². The summed E-state index contributed by atoms with van der Waals surface area (Å²) >= 11 is 1.64. The molecule has 1 fully saturated rings. The second-order valence-corrected chi connectivity index (χ2v) is 9.08. The van der Waals surface area contributed by atoms with Crippen molar-refractivity contribution in [1.82, 2.24) is 10.3 Å². The number of hydrogen-bond donors (Lipinski definition) is 3. The summed E-state index contributed by atoms with van der Waals surface area (Å²) in [4.78, 5) is 20.2. The fourth-order valence-electron chi connectivity index (χ4n) is 4.05. The van der Waals surface area contributed by atoms with E-state index in [2.05, 4.69) is 38.8 Å². The van der Waals surface area contributed by atoms with Crippen LogP contribution in [0.4, 0.5) is 10.8 Å². The Bertz CT molecular complexity index is 1140. The van der Waals surface area contributed by atoms with Crippen molar-refractivity contribution in [3.8, 4) is 0 Å². The number of carboxylic acids is 1. The Morgan fingerprint density at radius 3 is 2.56 bits per heavy atom. The standard InChI is InChI=1S/C24H24N4O3S/c29-22(30)16-7-11-19(12-8-16)31-23-25-13-17(14-26-23)15-5-9-18(10-6-15)27-24-28-20-3-1-2-4-21(20)32-24/h1-6,9-10,13,16,19H,7-8,11-12,14H2,(H,25,26)(H,27,28)(H,29,30). The number of carbonyl (C=O) groups is 1. The zero-order chi connectivity index (χ0) is 21.9. The number of rotatable bonds is 5. The molecule has 2 aromatic carbocycles. The number of aromatic nitrogens is 1. The fourth-order valence-corrected chi connectivity index (χ4v) is 4.93. The van der Waals surface area contributed by atoms with Crippen LogP contribution in [-0.2, 0) is 9.53 Å². The quantitative estimate of drug-likeness (QED) is 0.508. The van der Waals surface area contributed by atoms with Gasteiger partial charge in [0, 0.05) is 11.9 Å². The van der Waals surface area contributed by atoms with Crippen LogP contribution in [-0.4, -0.2) is 34.7 Å². The molecule has 3 aromatic rings. The Morgan fingerprint density at radius 1 is 1.09 bits per heavy atom. The summed E-state index contributed by atoms with van der Waals surface area (Å²) < 4.78 is 7.10. The molecule has 1 aromatic heterocycles. The minimum absolute atomic E-state index is 0.0275. The van der Waals surface area contributed by atoms with Gasteiger partial charge >= 0.3 is 5.97 Å². The molecule has 164 valence electrons. The molecule has 0 saturated heterocycles. The normalized spacial score (nSPS) is 20.8. The lowest BCUT2D eigenvalue weighted by atomic mass is 9.87. The number of anilines is 2. The number of nitrogens with zero attached hydrogens (tertiary/aromatic N) is 2. The van der Waals surface area contributed by atoms with Gasteiger partial charge in [0.2, 0.25) is 0 Å². The van der Waals surface area contributed by atoms with E-state index in [9.17, 15) is 4.79 Å². The first-order chi connectivity index (χ1) is 15.6. The third-order valence-electron chi connectivity index (χ3n) is 5.87. The second-order valence-electron chi connectivity index (χ2n) is 8.05. The summed E-state index contributed by atoms with van der Waals surface area (Å²) in [7, 11) is 0. The molecular formula is C24H24N4O3S. The monoisotopic (exact) mass is 448 g/mol. The van der Waals surface area contributed by atoms with Crippen molar-refractivity contribution in [2.75, 3.05) is 11.9 Å². The lowest BCUT2D eigenvalue weighted by Crippen LogP contribution is -2.33. The maximum Gasteiger partial charge on any atom is 0.306 e. The number of thiazole rings is 1. The van der Waals surface area contributed by atoms with E-state index in [1.54, 1.807) is 11.3 Å². The van der Waals surface area contributed by atoms with Gasteiger partial charge in [-0.3, -0.25) is 4.79 Å². The van der Waals surface area contributed by atoms with Gasteiger partial charge in [0.05, 0.1) is 22.7 Å². The van der Waals surface area contributed by atoms with E-state index in [0.29, 0.717) is 25.4 Å². The van der Waals surface area contributed by atoms with Crippen molar-refractivity contribution in [2.45, 2.75) is 31.8 Å². The SMILES string of the molecule is O=C(O)C1CCC(OC2=NCC(c3ccc(Nc4nc5ccccc5s4)cc3)=CN2)CC1. The lowest BCUT2D eigenvalue weighted by molar-refractivity contribution is -0.143. The number of benzene rings is 2. The molecule has 1 saturated carbocycles. The minimum atomic E-state index is -0.703. The lowest BCUT2D eigenvalue weighted by Gasteiger charge is -2.27. The van der Waals surface area contributed by atoms with E-state index in [1.165, 1.54) is 0 Å². The van der Waals surface area contributed by atoms with E-state index in [-0.39, 0.29) is 12.0 Å². The Kier molecular flexibility index (Phi) is 5.77. The number of nitrogens with one attached hydrogen (secondary N) is 2. The molecule has 0 bridgehead atoms. The van der Waals surface area contributed by atoms with Crippen molar-refractivity contribution in [2.24, 2.45) is 10.9 Å². The van der Waals surface area contributed by atoms with Gasteiger partial charge in [-0.2, -0.15) is 0 Å². The van der Waals surface area contributed by atoms with Gasteiger partial charge < -0.3 is 20.5 Å². The van der Waals surface area contributed by atoms with Gasteiger partial charge in [0.15, 0.2) is 5.13 Å². The van der Waals surface area contributed by atoms with E-state index < -0.39 is 5.97 Å². The first-order valence-electron chi connectivity index (χ1n) is 10.8. The number of fused-ring (bicyclic) bond motifs is 1. The molecule has 32 heavy (non-hydrogen) atoms. The molecule has 0 amide bonds. The zero-order valence-corrected chi connectivity index (χ0v) is 18.3. The molecule has 2 heterocycles. The molecule has 0 unspecified atom stereocenters. The number of aliphatic carboxylic acids is 1. The Balaban J connectivity index is 1.15. The third-order valence-corrected chi connectivity index (χ3v) is 6.82. The average Bonchev–Trinajstić information content (AvgIpc) is 3.23. The van der Waals surface area contributed by atoms with Crippen LogP contribution in [0.3, 0.4) is 0 Å². The smallest absolute Gasteiger partial charge is 0.306 e. The maximum absolute atomic E-state index is 11.1. The molecule has 5 rings (SSSR count). The number of hydrogen-bond acceptors (Lipinski definition) is 7. The fraction of sp³-hybridized carbons (Fsp3) is 0.292. The summed E-state index contributed by atoms with van der Waals surface area (Å²) in [6.07, 6.45) is 4.77. The molecule has 0 radical (unpaired) electrons. The number of ether oxygens (including phenoxy) is 1. The molecule has 1 aliphatic heterocycles. The van der Waals surface area contributed by atoms with E-state index in [1.807, 2.05) is 36.5 Å². The van der Waals surface area contributed by atoms with Crippen LogP contribution in [0.5, 0.6) is 0 Å². The average molecular weight is 449 g/mol. The third kappa shape index (κ3) is 4.60. The van der Waals surface area contributed by atoms with Crippen LogP contribution in [0, 0.1) is 5.92 Å². The van der Waals surface area contributed by atoms with Gasteiger partial charge in [-0.1, -0.05) is 35.6 Å². The second kappa shape index (κ2) is 9.00. The Morgan fingerprint density at radius 2 is 1.88 bits per heavy atom. The molecule has 3 N–H and O–H groups in total. The van der Waals surface area contributed by atoms with Crippen LogP contribution in [0.1, 0.15) is 31.2 Å². The van der Waals surface area contributed by atoms with Gasteiger partial charge in [-0.25, -0.2) is 9.98 Å². The van der Waals surface area contributed by atoms with Gasteiger partial charge in [0.1, 0.15) is 6.10 Å². The number of para-hydroxylation sites is 1. The summed E-state index contributed by atoms with van der Waals surface area (Å²) in [5.41, 5.74) is 4.16. The largest absolute Gasteiger partial charge is 0.481 e. The predicted molar refractivity (Wildman–Crippen MR) is 127 cm³/mol. The van der Waals surface area contributed by atoms with E-state index in [0.717, 1.165) is 45.0 Å². The van der Waals surface area contributed by atoms with Crippen molar-refractivity contribution in [3.63, 3.8) is 0 Å².